The molecule has 2 heterocycles. The van der Waals surface area contributed by atoms with Crippen molar-refractivity contribution in [3.05, 3.63) is 28.8 Å². The van der Waals surface area contributed by atoms with Crippen molar-refractivity contribution in [2.75, 3.05) is 44.3 Å². The molecule has 2 aliphatic rings. The number of piperazine rings is 1. The van der Waals surface area contributed by atoms with E-state index >= 15 is 0 Å². The molecule has 25 heavy (non-hydrogen) atoms. The average Bonchev–Trinajstić information content (AvgIpc) is 2.96. The molecule has 1 atom stereocenters. The summed E-state index contributed by atoms with van der Waals surface area (Å²) in [6.45, 7) is 4.53. The van der Waals surface area contributed by atoms with Crippen LogP contribution < -0.4 is 4.74 Å². The van der Waals surface area contributed by atoms with Crippen LogP contribution in [0.1, 0.15) is 12.0 Å². The lowest BCUT2D eigenvalue weighted by Crippen LogP contribution is -2.53. The lowest BCUT2D eigenvalue weighted by molar-refractivity contribution is -0.135. The van der Waals surface area contributed by atoms with Crippen molar-refractivity contribution in [1.82, 2.24) is 9.80 Å². The number of carbonyl (C=O) groups is 1. The molecular weight excluding hydrogens is 364 g/mol. The summed E-state index contributed by atoms with van der Waals surface area (Å²) in [5, 5.41) is 0.670. The minimum absolute atomic E-state index is 0.00111. The fourth-order valence-electron chi connectivity index (χ4n) is 3.34. The number of nitrogens with zero attached hydrogens (tertiary/aromatic N) is 2. The van der Waals surface area contributed by atoms with Crippen LogP contribution in [0.2, 0.25) is 5.02 Å². The summed E-state index contributed by atoms with van der Waals surface area (Å²) >= 11 is 5.98. The molecule has 0 aromatic heterocycles. The normalized spacial score (nSPS) is 23.6. The molecule has 1 aromatic carbocycles. The average molecular weight is 387 g/mol. The van der Waals surface area contributed by atoms with Gasteiger partial charge in [-0.15, -0.1) is 0 Å². The predicted molar refractivity (Wildman–Crippen MR) is 96.9 cm³/mol. The van der Waals surface area contributed by atoms with Gasteiger partial charge in [-0.25, -0.2) is 8.42 Å². The molecule has 0 N–H and O–H groups in total. The first kappa shape index (κ1) is 18.5. The number of hydrogen-bond acceptors (Lipinski definition) is 5. The summed E-state index contributed by atoms with van der Waals surface area (Å²) in [4.78, 5) is 16.3. The van der Waals surface area contributed by atoms with E-state index in [1.807, 2.05) is 13.0 Å². The van der Waals surface area contributed by atoms with Gasteiger partial charge in [-0.2, -0.15) is 0 Å². The van der Waals surface area contributed by atoms with E-state index in [9.17, 15) is 13.2 Å². The lowest BCUT2D eigenvalue weighted by atomic mass is 10.2. The number of hydrogen-bond donors (Lipinski definition) is 0. The Hall–Kier alpha value is -1.31. The van der Waals surface area contributed by atoms with E-state index in [4.69, 9.17) is 16.3 Å². The van der Waals surface area contributed by atoms with Crippen molar-refractivity contribution < 1.29 is 17.9 Å². The first-order valence-corrected chi connectivity index (χ1v) is 10.7. The molecular formula is C17H23ClN2O4S. The van der Waals surface area contributed by atoms with Gasteiger partial charge < -0.3 is 9.64 Å². The smallest absolute Gasteiger partial charge is 0.260 e. The van der Waals surface area contributed by atoms with Crippen molar-refractivity contribution in [1.29, 1.82) is 0 Å². The maximum Gasteiger partial charge on any atom is 0.260 e. The van der Waals surface area contributed by atoms with E-state index in [-0.39, 0.29) is 30.1 Å². The zero-order chi connectivity index (χ0) is 18.0. The second kappa shape index (κ2) is 7.51. The van der Waals surface area contributed by atoms with E-state index in [1.165, 1.54) is 0 Å². The van der Waals surface area contributed by atoms with Crippen LogP contribution >= 0.6 is 11.6 Å². The maximum atomic E-state index is 12.3. The Morgan fingerprint density at radius 1 is 1.28 bits per heavy atom. The molecule has 2 aliphatic heterocycles. The zero-order valence-electron chi connectivity index (χ0n) is 14.3. The highest BCUT2D eigenvalue weighted by Crippen LogP contribution is 2.22. The van der Waals surface area contributed by atoms with Crippen molar-refractivity contribution in [2.24, 2.45) is 0 Å². The van der Waals surface area contributed by atoms with Crippen molar-refractivity contribution in [3.8, 4) is 5.75 Å². The van der Waals surface area contributed by atoms with Crippen LogP contribution in [0.15, 0.2) is 18.2 Å². The molecule has 6 nitrogen and oxygen atoms in total. The SMILES string of the molecule is Cc1cc(OCC(=O)N2CCN([C@@H]3CCS(=O)(=O)C3)CC2)ccc1Cl. The Morgan fingerprint density at radius 3 is 2.60 bits per heavy atom. The van der Waals surface area contributed by atoms with Gasteiger partial charge in [0.1, 0.15) is 5.75 Å². The third kappa shape index (κ3) is 4.65. The van der Waals surface area contributed by atoms with Gasteiger partial charge in [-0.3, -0.25) is 9.69 Å². The molecule has 138 valence electrons. The van der Waals surface area contributed by atoms with Crippen molar-refractivity contribution in [2.45, 2.75) is 19.4 Å². The molecule has 1 aromatic rings. The predicted octanol–water partition coefficient (Wildman–Crippen LogP) is 1.36. The van der Waals surface area contributed by atoms with Gasteiger partial charge in [0, 0.05) is 37.2 Å². The Morgan fingerprint density at radius 2 is 2.00 bits per heavy atom. The highest BCUT2D eigenvalue weighted by atomic mass is 35.5. The van der Waals surface area contributed by atoms with Gasteiger partial charge >= 0.3 is 0 Å². The van der Waals surface area contributed by atoms with Gasteiger partial charge in [0.25, 0.3) is 5.91 Å². The standard InChI is InChI=1S/C17H23ClN2O4S/c1-13-10-15(2-3-16(13)18)24-11-17(21)20-7-5-19(6-8-20)14-4-9-25(22,23)12-14/h2-3,10,14H,4-9,11-12H2,1H3/t14-/m1/s1. The van der Waals surface area contributed by atoms with Crippen LogP contribution in [0, 0.1) is 6.92 Å². The van der Waals surface area contributed by atoms with E-state index in [0.29, 0.717) is 43.4 Å². The van der Waals surface area contributed by atoms with Gasteiger partial charge in [0.2, 0.25) is 0 Å². The molecule has 3 rings (SSSR count). The fraction of sp³-hybridized carbons (Fsp3) is 0.588. The molecule has 1 amide bonds. The highest BCUT2D eigenvalue weighted by molar-refractivity contribution is 7.91. The molecule has 0 aliphatic carbocycles. The van der Waals surface area contributed by atoms with Gasteiger partial charge in [0.15, 0.2) is 16.4 Å². The molecule has 0 bridgehead atoms. The third-order valence-corrected chi connectivity index (χ3v) is 7.06. The number of carbonyl (C=O) groups excluding carboxylic acids is 1. The number of sulfone groups is 1. The number of ether oxygens (including phenoxy) is 1. The first-order valence-electron chi connectivity index (χ1n) is 8.45. The number of amides is 1. The van der Waals surface area contributed by atoms with Gasteiger partial charge in [-0.05, 0) is 37.1 Å². The van der Waals surface area contributed by atoms with Gasteiger partial charge in [-0.1, -0.05) is 11.6 Å². The number of halogens is 1. The molecule has 2 fully saturated rings. The number of rotatable bonds is 4. The van der Waals surface area contributed by atoms with Crippen LogP contribution in [0.25, 0.3) is 0 Å². The highest BCUT2D eigenvalue weighted by Gasteiger charge is 2.34. The van der Waals surface area contributed by atoms with Crippen LogP contribution in [-0.2, 0) is 14.6 Å². The first-order chi connectivity index (χ1) is 11.8. The monoisotopic (exact) mass is 386 g/mol. The Kier molecular flexibility index (Phi) is 5.55. The minimum atomic E-state index is -2.87. The van der Waals surface area contributed by atoms with Crippen molar-refractivity contribution in [3.63, 3.8) is 0 Å². The molecule has 0 saturated carbocycles. The zero-order valence-corrected chi connectivity index (χ0v) is 15.9. The number of benzene rings is 1. The lowest BCUT2D eigenvalue weighted by Gasteiger charge is -2.37. The minimum Gasteiger partial charge on any atom is -0.484 e. The second-order valence-corrected chi connectivity index (χ2v) is 9.31. The summed E-state index contributed by atoms with van der Waals surface area (Å²) in [5.74, 6) is 1.11. The summed E-state index contributed by atoms with van der Waals surface area (Å²) < 4.78 is 28.8. The Bertz CT molecular complexity index is 745. The van der Waals surface area contributed by atoms with Gasteiger partial charge in [0.05, 0.1) is 11.5 Å². The molecule has 0 radical (unpaired) electrons. The summed E-state index contributed by atoms with van der Waals surface area (Å²) in [5.41, 5.74) is 0.909. The van der Waals surface area contributed by atoms with E-state index < -0.39 is 9.84 Å². The molecule has 0 spiro atoms. The summed E-state index contributed by atoms with van der Waals surface area (Å²) in [7, 11) is -2.87. The van der Waals surface area contributed by atoms with Crippen LogP contribution in [-0.4, -0.2) is 74.5 Å². The molecule has 8 heteroatoms. The van der Waals surface area contributed by atoms with Crippen LogP contribution in [0.4, 0.5) is 0 Å². The van der Waals surface area contributed by atoms with Crippen LogP contribution in [0.3, 0.4) is 0 Å². The summed E-state index contributed by atoms with van der Waals surface area (Å²) in [6.07, 6.45) is 0.704. The molecule has 2 saturated heterocycles. The van der Waals surface area contributed by atoms with E-state index in [2.05, 4.69) is 4.90 Å². The van der Waals surface area contributed by atoms with Crippen molar-refractivity contribution >= 4 is 27.3 Å². The number of aryl methyl sites for hydroxylation is 1. The van der Waals surface area contributed by atoms with Crippen LogP contribution in [0.5, 0.6) is 5.75 Å². The Balaban J connectivity index is 1.46. The largest absolute Gasteiger partial charge is 0.484 e. The maximum absolute atomic E-state index is 12.3. The van der Waals surface area contributed by atoms with E-state index in [1.54, 1.807) is 17.0 Å². The molecule has 0 unspecified atom stereocenters. The topological polar surface area (TPSA) is 66.9 Å². The second-order valence-electron chi connectivity index (χ2n) is 6.67. The quantitative estimate of drug-likeness (QED) is 0.781. The van der Waals surface area contributed by atoms with E-state index in [0.717, 1.165) is 5.56 Å². The summed E-state index contributed by atoms with van der Waals surface area (Å²) in [6, 6.07) is 5.43. The fourth-order valence-corrected chi connectivity index (χ4v) is 5.22. The third-order valence-electron chi connectivity index (χ3n) is 4.88. The Labute approximate surface area is 153 Å².